The quantitative estimate of drug-likeness (QED) is 0.441. The summed E-state index contributed by atoms with van der Waals surface area (Å²) < 4.78 is 79.4. The zero-order valence-electron chi connectivity index (χ0n) is 14.3. The monoisotopic (exact) mass is 434 g/mol. The van der Waals surface area contributed by atoms with E-state index in [4.69, 9.17) is 5.73 Å². The van der Waals surface area contributed by atoms with Gasteiger partial charge in [-0.2, -0.15) is 0 Å². The van der Waals surface area contributed by atoms with Crippen molar-refractivity contribution in [1.82, 2.24) is 9.44 Å². The summed E-state index contributed by atoms with van der Waals surface area (Å²) in [4.78, 5) is -1.07. The maximum Gasteiger partial charge on any atom is 0.263 e. The first kappa shape index (κ1) is 21.1. The summed E-state index contributed by atoms with van der Waals surface area (Å²) in [5.74, 6) is 0. The molecule has 0 bridgehead atoms. The fourth-order valence-electron chi connectivity index (χ4n) is 2.10. The second-order valence-electron chi connectivity index (χ2n) is 5.25. The van der Waals surface area contributed by atoms with E-state index >= 15 is 0 Å². The summed E-state index contributed by atoms with van der Waals surface area (Å²) >= 11 is 0. The largest absolute Gasteiger partial charge is 0.399 e. The Balaban J connectivity index is 2.47. The van der Waals surface area contributed by atoms with Gasteiger partial charge in [0, 0.05) is 11.4 Å². The number of benzene rings is 2. The molecular formula is C14H18N4O6S3. The number of nitrogens with two attached hydrogens (primary N) is 1. The van der Waals surface area contributed by atoms with Crippen LogP contribution in [-0.2, 0) is 30.1 Å². The predicted octanol–water partition coefficient (Wildman–Crippen LogP) is -0.114. The van der Waals surface area contributed by atoms with Crippen LogP contribution in [0.1, 0.15) is 0 Å². The van der Waals surface area contributed by atoms with Crippen molar-refractivity contribution >= 4 is 41.4 Å². The lowest BCUT2D eigenvalue weighted by Gasteiger charge is -2.13. The fourth-order valence-corrected chi connectivity index (χ4v) is 5.46. The maximum atomic E-state index is 12.7. The van der Waals surface area contributed by atoms with Crippen molar-refractivity contribution in [3.05, 3.63) is 42.5 Å². The predicted molar refractivity (Wildman–Crippen MR) is 101 cm³/mol. The highest BCUT2D eigenvalue weighted by atomic mass is 32.2. The normalized spacial score (nSPS) is 12.7. The van der Waals surface area contributed by atoms with Crippen LogP contribution in [0.15, 0.2) is 57.2 Å². The molecule has 0 unspecified atom stereocenters. The van der Waals surface area contributed by atoms with Crippen LogP contribution in [0.3, 0.4) is 0 Å². The molecule has 2 aromatic carbocycles. The van der Waals surface area contributed by atoms with Gasteiger partial charge in [0.1, 0.15) is 9.79 Å². The first-order valence-electron chi connectivity index (χ1n) is 7.32. The van der Waals surface area contributed by atoms with Crippen LogP contribution in [0, 0.1) is 0 Å². The molecule has 0 spiro atoms. The van der Waals surface area contributed by atoms with Crippen molar-refractivity contribution in [3.8, 4) is 0 Å². The van der Waals surface area contributed by atoms with Crippen LogP contribution < -0.4 is 19.9 Å². The lowest BCUT2D eigenvalue weighted by Crippen LogP contribution is -2.23. The summed E-state index contributed by atoms with van der Waals surface area (Å²) in [5.41, 5.74) is 5.70. The number of hydrogen-bond donors (Lipinski definition) is 4. The molecule has 0 fully saturated rings. The van der Waals surface area contributed by atoms with Crippen molar-refractivity contribution in [2.24, 2.45) is 0 Å². The smallest absolute Gasteiger partial charge is 0.263 e. The van der Waals surface area contributed by atoms with Crippen LogP contribution in [0.5, 0.6) is 0 Å². The van der Waals surface area contributed by atoms with Crippen molar-refractivity contribution in [2.75, 3.05) is 24.6 Å². The average molecular weight is 435 g/mol. The molecule has 5 N–H and O–H groups in total. The van der Waals surface area contributed by atoms with Gasteiger partial charge in [-0.15, -0.1) is 0 Å². The second kappa shape index (κ2) is 7.44. The van der Waals surface area contributed by atoms with Gasteiger partial charge in [-0.3, -0.25) is 4.72 Å². The zero-order valence-corrected chi connectivity index (χ0v) is 16.7. The number of nitrogen functional groups attached to an aromatic ring is 1. The minimum absolute atomic E-state index is 0.0506. The van der Waals surface area contributed by atoms with Gasteiger partial charge in [-0.1, -0.05) is 0 Å². The minimum Gasteiger partial charge on any atom is -0.399 e. The van der Waals surface area contributed by atoms with Gasteiger partial charge in [0.25, 0.3) is 10.0 Å². The molecular weight excluding hydrogens is 416 g/mol. The number of rotatable bonds is 7. The van der Waals surface area contributed by atoms with E-state index in [1.165, 1.54) is 37.4 Å². The minimum atomic E-state index is -4.30. The molecule has 13 heteroatoms. The highest BCUT2D eigenvalue weighted by Crippen LogP contribution is 2.26. The molecule has 2 aromatic rings. The number of hydrogen-bond acceptors (Lipinski definition) is 7. The molecule has 0 amide bonds. The van der Waals surface area contributed by atoms with E-state index in [2.05, 4.69) is 9.44 Å². The molecule has 0 heterocycles. The molecule has 0 aliphatic carbocycles. The number of nitrogens with one attached hydrogen (secondary N) is 3. The maximum absolute atomic E-state index is 12.7. The van der Waals surface area contributed by atoms with Crippen LogP contribution in [0.25, 0.3) is 0 Å². The average Bonchev–Trinajstić information content (AvgIpc) is 2.61. The highest BCUT2D eigenvalue weighted by Gasteiger charge is 2.26. The van der Waals surface area contributed by atoms with Crippen molar-refractivity contribution in [3.63, 3.8) is 0 Å². The van der Waals surface area contributed by atoms with Crippen LogP contribution in [0.2, 0.25) is 0 Å². The third-order valence-electron chi connectivity index (χ3n) is 3.50. The summed E-state index contributed by atoms with van der Waals surface area (Å²) in [6, 6.07) is 8.25. The van der Waals surface area contributed by atoms with Gasteiger partial charge in [0.2, 0.25) is 20.0 Å². The molecule has 27 heavy (non-hydrogen) atoms. The van der Waals surface area contributed by atoms with Gasteiger partial charge in [-0.05, 0) is 56.6 Å². The van der Waals surface area contributed by atoms with Gasteiger partial charge in [0.05, 0.1) is 4.90 Å². The Hall–Kier alpha value is -2.19. The Morgan fingerprint density at radius 3 is 1.78 bits per heavy atom. The number of sulfonamides is 3. The Bertz CT molecular complexity index is 1160. The third-order valence-corrected chi connectivity index (χ3v) is 7.95. The van der Waals surface area contributed by atoms with Crippen LogP contribution in [0.4, 0.5) is 11.4 Å². The van der Waals surface area contributed by atoms with Gasteiger partial charge < -0.3 is 5.73 Å². The molecule has 148 valence electrons. The standard InChI is InChI=1S/C14H18N4O6S3/c1-16-25(19,20)12-6-4-11(5-7-12)18-27(23,24)13-8-3-10(15)9-14(13)26(21,22)17-2/h3-9,16-18H,15H2,1-2H3. The third kappa shape index (κ3) is 4.56. The molecule has 0 radical (unpaired) electrons. The number of anilines is 2. The molecule has 0 aromatic heterocycles. The van der Waals surface area contributed by atoms with Crippen molar-refractivity contribution in [2.45, 2.75) is 14.7 Å². The topological polar surface area (TPSA) is 165 Å². The van der Waals surface area contributed by atoms with Gasteiger partial charge >= 0.3 is 0 Å². The fraction of sp³-hybridized carbons (Fsp3) is 0.143. The van der Waals surface area contributed by atoms with Gasteiger partial charge in [-0.25, -0.2) is 34.7 Å². The first-order chi connectivity index (χ1) is 12.4. The lowest BCUT2D eigenvalue weighted by molar-refractivity contribution is 0.579. The van der Waals surface area contributed by atoms with E-state index in [0.717, 1.165) is 19.2 Å². The van der Waals surface area contributed by atoms with Crippen molar-refractivity contribution in [1.29, 1.82) is 0 Å². The first-order valence-corrected chi connectivity index (χ1v) is 11.8. The Labute approximate surface area is 157 Å². The Morgan fingerprint density at radius 1 is 0.704 bits per heavy atom. The Morgan fingerprint density at radius 2 is 1.26 bits per heavy atom. The van der Waals surface area contributed by atoms with Crippen LogP contribution in [-0.4, -0.2) is 39.3 Å². The molecule has 0 saturated heterocycles. The zero-order chi connectivity index (χ0) is 20.5. The van der Waals surface area contributed by atoms with E-state index < -0.39 is 39.9 Å². The van der Waals surface area contributed by atoms with Crippen LogP contribution >= 0.6 is 0 Å². The van der Waals surface area contributed by atoms with Crippen molar-refractivity contribution < 1.29 is 25.3 Å². The molecule has 10 nitrogen and oxygen atoms in total. The van der Waals surface area contributed by atoms with E-state index in [1.54, 1.807) is 0 Å². The highest BCUT2D eigenvalue weighted by molar-refractivity contribution is 7.94. The molecule has 0 saturated carbocycles. The lowest BCUT2D eigenvalue weighted by atomic mass is 10.3. The summed E-state index contributed by atoms with van der Waals surface area (Å²) in [5, 5.41) is 0. The summed E-state index contributed by atoms with van der Waals surface area (Å²) in [6.45, 7) is 0. The molecule has 0 aliphatic heterocycles. The summed E-state index contributed by atoms with van der Waals surface area (Å²) in [6.07, 6.45) is 0. The molecule has 0 aliphatic rings. The van der Waals surface area contributed by atoms with E-state index in [-0.39, 0.29) is 16.3 Å². The summed E-state index contributed by atoms with van der Waals surface area (Å²) in [7, 11) is -9.68. The van der Waals surface area contributed by atoms with E-state index in [1.807, 2.05) is 4.72 Å². The van der Waals surface area contributed by atoms with E-state index in [0.29, 0.717) is 0 Å². The molecule has 2 rings (SSSR count). The molecule has 0 atom stereocenters. The van der Waals surface area contributed by atoms with Gasteiger partial charge in [0.15, 0.2) is 0 Å². The van der Waals surface area contributed by atoms with E-state index in [9.17, 15) is 25.3 Å². The second-order valence-corrected chi connectivity index (χ2v) is 10.6. The Kier molecular flexibility index (Phi) is 5.82. The SMILES string of the molecule is CNS(=O)(=O)c1ccc(NS(=O)(=O)c2ccc(N)cc2S(=O)(=O)NC)cc1.